The summed E-state index contributed by atoms with van der Waals surface area (Å²) in [5.74, 6) is 0.804. The van der Waals surface area contributed by atoms with Gasteiger partial charge in [-0.3, -0.25) is 0 Å². The predicted octanol–water partition coefficient (Wildman–Crippen LogP) is 2.87. The first-order chi connectivity index (χ1) is 5.77. The summed E-state index contributed by atoms with van der Waals surface area (Å²) >= 11 is 4.71. The number of halogens is 1. The van der Waals surface area contributed by atoms with Gasteiger partial charge in [0.25, 0.3) is 0 Å². The molecule has 2 aromatic heterocycles. The number of furan rings is 1. The maximum atomic E-state index is 5.25. The van der Waals surface area contributed by atoms with Crippen LogP contribution in [0.5, 0.6) is 0 Å². The van der Waals surface area contributed by atoms with Crippen LogP contribution in [0.15, 0.2) is 20.7 Å². The van der Waals surface area contributed by atoms with Gasteiger partial charge in [0, 0.05) is 0 Å². The number of hydrogen-bond acceptors (Lipinski definition) is 4. The fourth-order valence-corrected chi connectivity index (χ4v) is 2.05. The number of aryl methyl sites for hydroxylation is 1. The van der Waals surface area contributed by atoms with E-state index in [1.54, 1.807) is 6.26 Å². The van der Waals surface area contributed by atoms with Gasteiger partial charge in [-0.05, 0) is 34.5 Å². The molecule has 0 N–H and O–H groups in total. The molecule has 5 heteroatoms. The van der Waals surface area contributed by atoms with Crippen LogP contribution in [0.3, 0.4) is 0 Å². The summed E-state index contributed by atoms with van der Waals surface area (Å²) < 4.78 is 6.02. The number of aromatic nitrogens is 2. The van der Waals surface area contributed by atoms with Crippen LogP contribution < -0.4 is 0 Å². The van der Waals surface area contributed by atoms with E-state index in [0.29, 0.717) is 0 Å². The monoisotopic (exact) mass is 244 g/mol. The molecule has 0 atom stereocenters. The zero-order chi connectivity index (χ0) is 8.55. The van der Waals surface area contributed by atoms with E-state index >= 15 is 0 Å². The molecule has 0 aliphatic carbocycles. The summed E-state index contributed by atoms with van der Waals surface area (Å²) in [4.78, 5) is 0. The van der Waals surface area contributed by atoms with E-state index in [1.165, 1.54) is 11.3 Å². The Balaban J connectivity index is 2.50. The molecule has 2 rings (SSSR count). The van der Waals surface area contributed by atoms with Gasteiger partial charge in [0.15, 0.2) is 14.7 Å². The highest BCUT2D eigenvalue weighted by molar-refractivity contribution is 9.11. The minimum atomic E-state index is 0.772. The van der Waals surface area contributed by atoms with Crippen LogP contribution >= 0.6 is 27.3 Å². The fourth-order valence-electron chi connectivity index (χ4n) is 0.889. The molecule has 0 bridgehead atoms. The molecule has 0 saturated carbocycles. The van der Waals surface area contributed by atoms with Crippen molar-refractivity contribution in [3.63, 3.8) is 0 Å². The number of hydrogen-bond donors (Lipinski definition) is 0. The van der Waals surface area contributed by atoms with Gasteiger partial charge in [-0.25, -0.2) is 0 Å². The largest absolute Gasteiger partial charge is 0.461 e. The molecule has 0 fully saturated rings. The molecule has 62 valence electrons. The van der Waals surface area contributed by atoms with E-state index < -0.39 is 0 Å². The van der Waals surface area contributed by atoms with Gasteiger partial charge in [0.2, 0.25) is 0 Å². The maximum absolute atomic E-state index is 5.25. The van der Waals surface area contributed by atoms with Crippen molar-refractivity contribution in [2.45, 2.75) is 6.92 Å². The van der Waals surface area contributed by atoms with Crippen molar-refractivity contribution in [2.24, 2.45) is 0 Å². The zero-order valence-electron chi connectivity index (χ0n) is 6.24. The summed E-state index contributed by atoms with van der Waals surface area (Å²) in [5.41, 5.74) is 1.08. The predicted molar refractivity (Wildman–Crippen MR) is 50.0 cm³/mol. The third kappa shape index (κ3) is 1.30. The summed E-state index contributed by atoms with van der Waals surface area (Å²) in [5, 5.41) is 8.60. The smallest absolute Gasteiger partial charge is 0.184 e. The standard InChI is InChI=1S/C7H5BrN2OS/c1-4-2-3-11-5(4)6-9-10-7(8)12-6/h2-3H,1H3. The first-order valence-corrected chi connectivity index (χ1v) is 4.92. The van der Waals surface area contributed by atoms with Crippen molar-refractivity contribution < 1.29 is 4.42 Å². The Kier molecular flexibility index (Phi) is 1.98. The summed E-state index contributed by atoms with van der Waals surface area (Å²) in [6.07, 6.45) is 1.65. The van der Waals surface area contributed by atoms with Gasteiger partial charge >= 0.3 is 0 Å². The maximum Gasteiger partial charge on any atom is 0.184 e. The van der Waals surface area contributed by atoms with E-state index in [1.807, 2.05) is 13.0 Å². The van der Waals surface area contributed by atoms with Crippen LogP contribution in [0.4, 0.5) is 0 Å². The average molecular weight is 245 g/mol. The number of nitrogens with zero attached hydrogens (tertiary/aromatic N) is 2. The summed E-state index contributed by atoms with van der Waals surface area (Å²) in [7, 11) is 0. The Bertz CT molecular complexity index is 396. The topological polar surface area (TPSA) is 38.9 Å². The van der Waals surface area contributed by atoms with E-state index in [-0.39, 0.29) is 0 Å². The molecule has 0 saturated heterocycles. The fraction of sp³-hybridized carbons (Fsp3) is 0.143. The molecule has 2 heterocycles. The SMILES string of the molecule is Cc1ccoc1-c1nnc(Br)s1. The molecule has 0 aliphatic heterocycles. The lowest BCUT2D eigenvalue weighted by Gasteiger charge is -1.87. The molecule has 3 nitrogen and oxygen atoms in total. The Labute approximate surface area is 81.6 Å². The van der Waals surface area contributed by atoms with Crippen molar-refractivity contribution in [1.82, 2.24) is 10.2 Å². The van der Waals surface area contributed by atoms with Crippen LogP contribution in [0, 0.1) is 6.92 Å². The minimum Gasteiger partial charge on any atom is -0.461 e. The molecular weight excluding hydrogens is 240 g/mol. The normalized spacial score (nSPS) is 10.5. The lowest BCUT2D eigenvalue weighted by molar-refractivity contribution is 0.579. The molecule has 0 radical (unpaired) electrons. The second kappa shape index (κ2) is 2.99. The van der Waals surface area contributed by atoms with Crippen molar-refractivity contribution in [2.75, 3.05) is 0 Å². The summed E-state index contributed by atoms with van der Waals surface area (Å²) in [6.45, 7) is 1.98. The quantitative estimate of drug-likeness (QED) is 0.775. The van der Waals surface area contributed by atoms with E-state index in [4.69, 9.17) is 4.42 Å². The number of rotatable bonds is 1. The highest BCUT2D eigenvalue weighted by Crippen LogP contribution is 2.29. The van der Waals surface area contributed by atoms with Crippen molar-refractivity contribution in [3.8, 4) is 10.8 Å². The van der Waals surface area contributed by atoms with Gasteiger partial charge in [0.1, 0.15) is 0 Å². The van der Waals surface area contributed by atoms with E-state index in [2.05, 4.69) is 26.1 Å². The minimum absolute atomic E-state index is 0.772. The zero-order valence-corrected chi connectivity index (χ0v) is 8.65. The van der Waals surface area contributed by atoms with Crippen LogP contribution in [0.1, 0.15) is 5.56 Å². The average Bonchev–Trinajstić information content (AvgIpc) is 2.58. The van der Waals surface area contributed by atoms with Gasteiger partial charge < -0.3 is 4.42 Å². The van der Waals surface area contributed by atoms with Gasteiger partial charge in [0.05, 0.1) is 6.26 Å². The summed E-state index contributed by atoms with van der Waals surface area (Å²) in [6, 6.07) is 1.91. The third-order valence-electron chi connectivity index (χ3n) is 1.46. The third-order valence-corrected chi connectivity index (χ3v) is 2.81. The molecule has 12 heavy (non-hydrogen) atoms. The Morgan fingerprint density at radius 2 is 2.33 bits per heavy atom. The lowest BCUT2D eigenvalue weighted by Crippen LogP contribution is -1.75. The Morgan fingerprint density at radius 1 is 1.50 bits per heavy atom. The molecule has 0 aliphatic rings. The molecule has 0 amide bonds. The van der Waals surface area contributed by atoms with Crippen LogP contribution in [-0.2, 0) is 0 Å². The van der Waals surface area contributed by atoms with E-state index in [0.717, 1.165) is 20.2 Å². The first kappa shape index (κ1) is 7.94. The molecule has 0 spiro atoms. The van der Waals surface area contributed by atoms with E-state index in [9.17, 15) is 0 Å². The molecular formula is C7H5BrN2OS. The van der Waals surface area contributed by atoms with Crippen LogP contribution in [-0.4, -0.2) is 10.2 Å². The highest BCUT2D eigenvalue weighted by atomic mass is 79.9. The molecule has 2 aromatic rings. The lowest BCUT2D eigenvalue weighted by atomic mass is 10.3. The Morgan fingerprint density at radius 3 is 2.83 bits per heavy atom. The van der Waals surface area contributed by atoms with Crippen LogP contribution in [0.25, 0.3) is 10.8 Å². The Hall–Kier alpha value is -0.680. The van der Waals surface area contributed by atoms with Gasteiger partial charge in [-0.2, -0.15) is 0 Å². The highest BCUT2D eigenvalue weighted by Gasteiger charge is 2.10. The second-order valence-corrected chi connectivity index (χ2v) is 4.55. The first-order valence-electron chi connectivity index (χ1n) is 3.31. The van der Waals surface area contributed by atoms with Gasteiger partial charge in [-0.15, -0.1) is 10.2 Å². The van der Waals surface area contributed by atoms with Crippen molar-refractivity contribution in [3.05, 3.63) is 21.8 Å². The molecule has 0 aromatic carbocycles. The van der Waals surface area contributed by atoms with Crippen LogP contribution in [0.2, 0.25) is 0 Å². The van der Waals surface area contributed by atoms with Crippen molar-refractivity contribution >= 4 is 27.3 Å². The van der Waals surface area contributed by atoms with Gasteiger partial charge in [-0.1, -0.05) is 11.3 Å². The molecule has 0 unspecified atom stereocenters. The van der Waals surface area contributed by atoms with Crippen molar-refractivity contribution in [1.29, 1.82) is 0 Å². The second-order valence-electron chi connectivity index (χ2n) is 2.29.